The molecule has 6 heteroatoms. The van der Waals surface area contributed by atoms with Crippen molar-refractivity contribution in [3.63, 3.8) is 0 Å². The van der Waals surface area contributed by atoms with Gasteiger partial charge in [-0.25, -0.2) is 4.39 Å². The molecule has 2 rings (SSSR count). The van der Waals surface area contributed by atoms with Crippen LogP contribution in [0.4, 0.5) is 4.39 Å². The smallest absolute Gasteiger partial charge is 0.225 e. The van der Waals surface area contributed by atoms with Crippen molar-refractivity contribution in [3.8, 4) is 0 Å². The zero-order chi connectivity index (χ0) is 15.6. The Bertz CT molecular complexity index is 711. The highest BCUT2D eigenvalue weighted by atomic mass is 32.1. The number of hydrogen-bond acceptors (Lipinski definition) is 3. The van der Waals surface area contributed by atoms with Gasteiger partial charge in [0.2, 0.25) is 5.91 Å². The molecule has 1 aromatic heterocycles. The average Bonchev–Trinajstić information content (AvgIpc) is 2.71. The molecule has 0 aliphatic heterocycles. The number of aromatic nitrogens is 1. The standard InChI is InChI=1S/C15H17FN2OS2/c1-8-4-11(5-9(2)14(8)16)7-17-13(19)6-12-10(3)18-15(20)21-12/h4-5H,6-7H2,1-3H3,(H,17,19)(H,18,20). The molecule has 21 heavy (non-hydrogen) atoms. The quantitative estimate of drug-likeness (QED) is 0.842. The van der Waals surface area contributed by atoms with Gasteiger partial charge in [0.1, 0.15) is 5.82 Å². The monoisotopic (exact) mass is 324 g/mol. The highest BCUT2D eigenvalue weighted by molar-refractivity contribution is 7.73. The summed E-state index contributed by atoms with van der Waals surface area (Å²) in [5.74, 6) is -0.254. The maximum Gasteiger partial charge on any atom is 0.225 e. The van der Waals surface area contributed by atoms with E-state index >= 15 is 0 Å². The van der Waals surface area contributed by atoms with Gasteiger partial charge in [-0.05, 0) is 49.7 Å². The van der Waals surface area contributed by atoms with Crippen molar-refractivity contribution in [2.45, 2.75) is 33.7 Å². The van der Waals surface area contributed by atoms with Crippen LogP contribution in [0.15, 0.2) is 12.1 Å². The average molecular weight is 324 g/mol. The van der Waals surface area contributed by atoms with Gasteiger partial charge in [0.15, 0.2) is 3.95 Å². The first-order chi connectivity index (χ1) is 9.86. The molecule has 3 nitrogen and oxygen atoms in total. The fraction of sp³-hybridized carbons (Fsp3) is 0.333. The van der Waals surface area contributed by atoms with Crippen LogP contribution in [-0.2, 0) is 17.8 Å². The minimum absolute atomic E-state index is 0.0667. The summed E-state index contributed by atoms with van der Waals surface area (Å²) in [4.78, 5) is 15.9. The van der Waals surface area contributed by atoms with Gasteiger partial charge < -0.3 is 10.3 Å². The number of benzene rings is 1. The number of hydrogen-bond donors (Lipinski definition) is 2. The van der Waals surface area contributed by atoms with Crippen molar-refractivity contribution < 1.29 is 9.18 Å². The zero-order valence-electron chi connectivity index (χ0n) is 12.2. The van der Waals surface area contributed by atoms with Gasteiger partial charge in [-0.1, -0.05) is 12.1 Å². The molecule has 1 amide bonds. The van der Waals surface area contributed by atoms with Crippen LogP contribution < -0.4 is 5.32 Å². The summed E-state index contributed by atoms with van der Waals surface area (Å²) >= 11 is 6.47. The molecule has 0 unspecified atom stereocenters. The van der Waals surface area contributed by atoms with Crippen LogP contribution in [0, 0.1) is 30.5 Å². The van der Waals surface area contributed by atoms with E-state index in [4.69, 9.17) is 12.2 Å². The third kappa shape index (κ3) is 3.98. The SMILES string of the molecule is Cc1cc(CNC(=O)Cc2sc(=S)[nH]c2C)cc(C)c1F. The number of carbonyl (C=O) groups is 1. The summed E-state index contributed by atoms with van der Waals surface area (Å²) in [5, 5.41) is 2.86. The van der Waals surface area contributed by atoms with E-state index in [1.807, 2.05) is 6.92 Å². The largest absolute Gasteiger partial charge is 0.352 e. The highest BCUT2D eigenvalue weighted by Crippen LogP contribution is 2.16. The molecule has 0 spiro atoms. The van der Waals surface area contributed by atoms with Crippen LogP contribution >= 0.6 is 23.6 Å². The number of rotatable bonds is 4. The van der Waals surface area contributed by atoms with E-state index in [2.05, 4.69) is 10.3 Å². The third-order valence-electron chi connectivity index (χ3n) is 3.23. The zero-order valence-corrected chi connectivity index (χ0v) is 13.8. The second-order valence-electron chi connectivity index (χ2n) is 5.06. The lowest BCUT2D eigenvalue weighted by Crippen LogP contribution is -2.24. The molecule has 0 bridgehead atoms. The Kier molecular flexibility index (Phi) is 4.90. The summed E-state index contributed by atoms with van der Waals surface area (Å²) in [6.45, 7) is 5.75. The summed E-state index contributed by atoms with van der Waals surface area (Å²) in [5.41, 5.74) is 3.03. The molecule has 0 aliphatic carbocycles. The van der Waals surface area contributed by atoms with Crippen molar-refractivity contribution >= 4 is 29.5 Å². The van der Waals surface area contributed by atoms with Crippen LogP contribution in [0.2, 0.25) is 0 Å². The summed E-state index contributed by atoms with van der Waals surface area (Å²) < 4.78 is 14.2. The first kappa shape index (κ1) is 15.9. The van der Waals surface area contributed by atoms with Crippen molar-refractivity contribution in [1.82, 2.24) is 10.3 Å². The number of halogens is 1. The van der Waals surface area contributed by atoms with E-state index in [-0.39, 0.29) is 11.7 Å². The minimum Gasteiger partial charge on any atom is -0.352 e. The molecule has 1 heterocycles. The molecular formula is C15H17FN2OS2. The second kappa shape index (κ2) is 6.49. The van der Waals surface area contributed by atoms with Crippen LogP contribution in [-0.4, -0.2) is 10.9 Å². The maximum atomic E-state index is 13.5. The van der Waals surface area contributed by atoms with E-state index in [9.17, 15) is 9.18 Å². The molecule has 0 radical (unpaired) electrons. The lowest BCUT2D eigenvalue weighted by molar-refractivity contribution is -0.120. The fourth-order valence-corrected chi connectivity index (χ4v) is 3.44. The lowest BCUT2D eigenvalue weighted by atomic mass is 10.1. The van der Waals surface area contributed by atoms with E-state index in [1.54, 1.807) is 26.0 Å². The first-order valence-electron chi connectivity index (χ1n) is 6.57. The summed E-state index contributed by atoms with van der Waals surface area (Å²) in [6.07, 6.45) is 0.308. The Labute approximate surface area is 132 Å². The van der Waals surface area contributed by atoms with Crippen molar-refractivity contribution in [2.75, 3.05) is 0 Å². The topological polar surface area (TPSA) is 44.9 Å². The molecule has 112 valence electrons. The van der Waals surface area contributed by atoms with Gasteiger partial charge >= 0.3 is 0 Å². The van der Waals surface area contributed by atoms with E-state index in [0.29, 0.717) is 28.0 Å². The number of aryl methyl sites for hydroxylation is 3. The minimum atomic E-state index is -0.187. The van der Waals surface area contributed by atoms with E-state index < -0.39 is 0 Å². The van der Waals surface area contributed by atoms with Crippen LogP contribution in [0.1, 0.15) is 27.3 Å². The third-order valence-corrected chi connectivity index (χ3v) is 4.57. The Morgan fingerprint density at radius 3 is 2.48 bits per heavy atom. The van der Waals surface area contributed by atoms with Gasteiger partial charge in [-0.2, -0.15) is 0 Å². The molecular weight excluding hydrogens is 307 g/mol. The molecule has 0 aliphatic rings. The predicted molar refractivity (Wildman–Crippen MR) is 85.7 cm³/mol. The van der Waals surface area contributed by atoms with Crippen molar-refractivity contribution in [3.05, 3.63) is 49.2 Å². The maximum absolute atomic E-state index is 13.5. The summed E-state index contributed by atoms with van der Waals surface area (Å²) in [6, 6.07) is 3.52. The number of nitrogens with one attached hydrogen (secondary N) is 2. The summed E-state index contributed by atoms with van der Waals surface area (Å²) in [7, 11) is 0. The predicted octanol–water partition coefficient (Wildman–Crippen LogP) is 3.73. The number of carbonyl (C=O) groups excluding carboxylic acids is 1. The Morgan fingerprint density at radius 2 is 1.95 bits per heavy atom. The van der Waals surface area contributed by atoms with Crippen LogP contribution in [0.5, 0.6) is 0 Å². The number of amides is 1. The van der Waals surface area contributed by atoms with Crippen LogP contribution in [0.3, 0.4) is 0 Å². The molecule has 0 saturated heterocycles. The molecule has 0 saturated carbocycles. The second-order valence-corrected chi connectivity index (χ2v) is 6.83. The Hall–Kier alpha value is -1.53. The molecule has 0 atom stereocenters. The first-order valence-corrected chi connectivity index (χ1v) is 7.80. The van der Waals surface area contributed by atoms with Crippen molar-refractivity contribution in [1.29, 1.82) is 0 Å². The highest BCUT2D eigenvalue weighted by Gasteiger charge is 2.09. The van der Waals surface area contributed by atoms with Gasteiger partial charge in [-0.3, -0.25) is 4.79 Å². The fourth-order valence-electron chi connectivity index (χ4n) is 2.15. The molecule has 1 aromatic carbocycles. The number of thiazole rings is 1. The van der Waals surface area contributed by atoms with Crippen LogP contribution in [0.25, 0.3) is 0 Å². The Morgan fingerprint density at radius 1 is 1.33 bits per heavy atom. The number of H-pyrrole nitrogens is 1. The molecule has 2 N–H and O–H groups in total. The normalized spacial score (nSPS) is 10.7. The molecule has 0 fully saturated rings. The van der Waals surface area contributed by atoms with Gasteiger partial charge in [0.05, 0.1) is 6.42 Å². The van der Waals surface area contributed by atoms with E-state index in [1.165, 1.54) is 11.3 Å². The van der Waals surface area contributed by atoms with Gasteiger partial charge in [0, 0.05) is 17.1 Å². The van der Waals surface area contributed by atoms with Crippen molar-refractivity contribution in [2.24, 2.45) is 0 Å². The Balaban J connectivity index is 1.98. The number of aromatic amines is 1. The molecule has 2 aromatic rings. The van der Waals surface area contributed by atoms with Gasteiger partial charge in [-0.15, -0.1) is 11.3 Å². The van der Waals surface area contributed by atoms with E-state index in [0.717, 1.165) is 16.1 Å². The lowest BCUT2D eigenvalue weighted by Gasteiger charge is -2.08. The van der Waals surface area contributed by atoms with Gasteiger partial charge in [0.25, 0.3) is 0 Å².